The molecule has 1 aliphatic heterocycles. The lowest BCUT2D eigenvalue weighted by molar-refractivity contribution is 0.514. The molecule has 3 nitrogen and oxygen atoms in total. The van der Waals surface area contributed by atoms with Gasteiger partial charge in [-0.2, -0.15) is 0 Å². The van der Waals surface area contributed by atoms with E-state index in [0.29, 0.717) is 22.3 Å². The summed E-state index contributed by atoms with van der Waals surface area (Å²) in [6.45, 7) is 12.1. The molecule has 0 fully saturated rings. The van der Waals surface area contributed by atoms with E-state index in [0.717, 1.165) is 18.9 Å². The Balaban J connectivity index is 0.000000614. The Morgan fingerprint density at radius 3 is 2.32 bits per heavy atom. The third-order valence-corrected chi connectivity index (χ3v) is 7.86. The number of hydrogen-bond donors (Lipinski definition) is 0. The number of benzene rings is 1. The van der Waals surface area contributed by atoms with E-state index in [1.165, 1.54) is 43.4 Å². The van der Waals surface area contributed by atoms with E-state index in [9.17, 15) is 8.42 Å². The van der Waals surface area contributed by atoms with Gasteiger partial charge >= 0.3 is 0 Å². The molecular formula is C27H41NO2S. The Kier molecular flexibility index (Phi) is 10.1. The van der Waals surface area contributed by atoms with Crippen LogP contribution in [-0.4, -0.2) is 21.0 Å². The first kappa shape index (κ1) is 25.5. The first-order chi connectivity index (χ1) is 14.8. The second-order valence-electron chi connectivity index (χ2n) is 8.90. The molecule has 4 heteroatoms. The molecular weight excluding hydrogens is 402 g/mol. The summed E-state index contributed by atoms with van der Waals surface area (Å²) in [5.74, 6) is 0.884. The number of sulfone groups is 1. The lowest BCUT2D eigenvalue weighted by Crippen LogP contribution is -2.33. The molecule has 1 aliphatic carbocycles. The highest BCUT2D eigenvalue weighted by Crippen LogP contribution is 2.35. The quantitative estimate of drug-likeness (QED) is 0.425. The molecule has 0 aromatic heterocycles. The third kappa shape index (κ3) is 6.83. The Bertz CT molecular complexity index is 888. The first-order valence-electron chi connectivity index (χ1n) is 12.0. The molecule has 0 radical (unpaired) electrons. The summed E-state index contributed by atoms with van der Waals surface area (Å²) in [6.07, 6.45) is 16.7. The van der Waals surface area contributed by atoms with Crippen LogP contribution in [0.1, 0.15) is 78.7 Å². The number of allylic oxidation sites excluding steroid dienone is 5. The van der Waals surface area contributed by atoms with Crippen molar-refractivity contribution >= 4 is 15.5 Å². The van der Waals surface area contributed by atoms with Crippen LogP contribution < -0.4 is 4.90 Å². The molecule has 172 valence electrons. The Morgan fingerprint density at radius 2 is 1.71 bits per heavy atom. The van der Waals surface area contributed by atoms with Crippen LogP contribution in [0.15, 0.2) is 58.4 Å². The fourth-order valence-corrected chi connectivity index (χ4v) is 5.36. The normalized spacial score (nSPS) is 15.6. The predicted octanol–water partition coefficient (Wildman–Crippen LogP) is 7.24. The summed E-state index contributed by atoms with van der Waals surface area (Å²) in [4.78, 5) is 3.30. The molecule has 3 rings (SSSR count). The highest BCUT2D eigenvalue weighted by atomic mass is 32.2. The van der Waals surface area contributed by atoms with Crippen LogP contribution in [-0.2, 0) is 16.3 Å². The van der Waals surface area contributed by atoms with Crippen molar-refractivity contribution < 1.29 is 8.42 Å². The average Bonchev–Trinajstić information content (AvgIpc) is 2.97. The molecule has 0 saturated heterocycles. The van der Waals surface area contributed by atoms with E-state index < -0.39 is 9.84 Å². The summed E-state index contributed by atoms with van der Waals surface area (Å²) in [7, 11) is -3.45. The van der Waals surface area contributed by atoms with Crippen LogP contribution in [0.2, 0.25) is 0 Å². The van der Waals surface area contributed by atoms with Crippen LogP contribution in [0.3, 0.4) is 0 Å². The lowest BCUT2D eigenvalue weighted by Gasteiger charge is -2.30. The molecule has 1 heterocycles. The number of hydrogen-bond acceptors (Lipinski definition) is 3. The van der Waals surface area contributed by atoms with Gasteiger partial charge in [0.2, 0.25) is 9.84 Å². The zero-order valence-corrected chi connectivity index (χ0v) is 20.9. The lowest BCUT2D eigenvalue weighted by atomic mass is 10.0. The highest BCUT2D eigenvalue weighted by molar-refractivity contribution is 7.95. The van der Waals surface area contributed by atoms with Crippen LogP contribution in [0.5, 0.6) is 0 Å². The van der Waals surface area contributed by atoms with Crippen molar-refractivity contribution in [1.29, 1.82) is 0 Å². The van der Waals surface area contributed by atoms with Crippen molar-refractivity contribution in [2.75, 3.05) is 11.4 Å². The van der Waals surface area contributed by atoms with Crippen molar-refractivity contribution in [3.8, 4) is 0 Å². The van der Waals surface area contributed by atoms with E-state index in [-0.39, 0.29) is 0 Å². The molecule has 1 aromatic carbocycles. The zero-order chi connectivity index (χ0) is 22.9. The molecule has 2 aliphatic rings. The fourth-order valence-electron chi connectivity index (χ4n) is 3.97. The van der Waals surface area contributed by atoms with Crippen molar-refractivity contribution in [2.45, 2.75) is 90.5 Å². The molecule has 0 bridgehead atoms. The van der Waals surface area contributed by atoms with Gasteiger partial charge in [0.1, 0.15) is 0 Å². The van der Waals surface area contributed by atoms with Crippen LogP contribution >= 0.6 is 0 Å². The van der Waals surface area contributed by atoms with Crippen molar-refractivity contribution in [3.05, 3.63) is 59.0 Å². The average molecular weight is 444 g/mol. The summed E-state index contributed by atoms with van der Waals surface area (Å²) in [6, 6.07) is 6.26. The van der Waals surface area contributed by atoms with Gasteiger partial charge in [0.25, 0.3) is 0 Å². The van der Waals surface area contributed by atoms with Crippen molar-refractivity contribution in [1.82, 2.24) is 0 Å². The molecule has 0 N–H and O–H groups in total. The Labute approximate surface area is 190 Å². The van der Waals surface area contributed by atoms with Crippen LogP contribution in [0.25, 0.3) is 0 Å². The predicted molar refractivity (Wildman–Crippen MR) is 134 cm³/mol. The number of fused-ring (bicyclic) bond motifs is 1. The number of nitrogens with zero attached hydrogens (tertiary/aromatic N) is 1. The second-order valence-corrected chi connectivity index (χ2v) is 10.8. The minimum absolute atomic E-state index is 0.396. The molecule has 0 spiro atoms. The van der Waals surface area contributed by atoms with E-state index in [1.54, 1.807) is 24.3 Å². The van der Waals surface area contributed by atoms with E-state index >= 15 is 0 Å². The largest absolute Gasteiger partial charge is 0.368 e. The minimum atomic E-state index is -3.45. The molecule has 0 saturated carbocycles. The maximum atomic E-state index is 13.0. The summed E-state index contributed by atoms with van der Waals surface area (Å²) in [5.41, 5.74) is 2.39. The third-order valence-electron chi connectivity index (χ3n) is 6.07. The van der Waals surface area contributed by atoms with Gasteiger partial charge in [-0.3, -0.25) is 0 Å². The fraction of sp³-hybridized carbons (Fsp3) is 0.556. The van der Waals surface area contributed by atoms with Gasteiger partial charge in [-0.25, -0.2) is 8.42 Å². The van der Waals surface area contributed by atoms with E-state index in [4.69, 9.17) is 0 Å². The minimum Gasteiger partial charge on any atom is -0.368 e. The van der Waals surface area contributed by atoms with Crippen molar-refractivity contribution in [3.63, 3.8) is 0 Å². The van der Waals surface area contributed by atoms with Gasteiger partial charge in [0.05, 0.1) is 9.80 Å². The maximum Gasteiger partial charge on any atom is 0.206 e. The second kappa shape index (κ2) is 12.3. The number of rotatable bonds is 8. The molecule has 0 atom stereocenters. The van der Waals surface area contributed by atoms with Crippen LogP contribution in [0, 0.1) is 5.92 Å². The van der Waals surface area contributed by atoms with Crippen molar-refractivity contribution in [2.24, 2.45) is 5.92 Å². The van der Waals surface area contributed by atoms with Crippen LogP contribution in [0.4, 0.5) is 5.69 Å². The molecule has 1 aromatic rings. The summed E-state index contributed by atoms with van der Waals surface area (Å²) < 4.78 is 26.0. The van der Waals surface area contributed by atoms with Gasteiger partial charge in [0, 0.05) is 18.3 Å². The highest BCUT2D eigenvalue weighted by Gasteiger charge is 2.27. The van der Waals surface area contributed by atoms with E-state index in [1.807, 2.05) is 24.3 Å². The monoisotopic (exact) mass is 443 g/mol. The van der Waals surface area contributed by atoms with Gasteiger partial charge < -0.3 is 4.90 Å². The van der Waals surface area contributed by atoms with Gasteiger partial charge in [-0.1, -0.05) is 78.2 Å². The number of anilines is 1. The first-order valence-corrected chi connectivity index (χ1v) is 13.5. The Morgan fingerprint density at radius 1 is 1.03 bits per heavy atom. The molecule has 31 heavy (non-hydrogen) atoms. The van der Waals surface area contributed by atoms with Gasteiger partial charge in [-0.05, 0) is 61.4 Å². The SMILES string of the molecule is CCC(C)C.CCCC(CCC)N1CCc2cc(S(=O)(=O)C3=CCC=CC=C3)ccc21. The zero-order valence-electron chi connectivity index (χ0n) is 20.1. The topological polar surface area (TPSA) is 37.4 Å². The van der Waals surface area contributed by atoms with Gasteiger partial charge in [0.15, 0.2) is 0 Å². The standard InChI is InChI=1S/C22H29NO2S.C5H12/c1-3-9-19(10-4-2)23-16-15-18-17-21(13-14-22(18)23)26(24,25)20-11-7-5-6-8-12-20;1-4-5(2)3/h5-7,11-14,17,19H,3-4,8-10,15-16H2,1-2H3;5H,4H2,1-3H3. The molecule has 0 unspecified atom stereocenters. The Hall–Kier alpha value is -1.81. The maximum absolute atomic E-state index is 13.0. The molecule has 0 amide bonds. The summed E-state index contributed by atoms with van der Waals surface area (Å²) in [5, 5.41) is 0. The van der Waals surface area contributed by atoms with Gasteiger partial charge in [-0.15, -0.1) is 0 Å². The summed E-state index contributed by atoms with van der Waals surface area (Å²) >= 11 is 0. The smallest absolute Gasteiger partial charge is 0.206 e. The van der Waals surface area contributed by atoms with E-state index in [2.05, 4.69) is 39.5 Å².